The summed E-state index contributed by atoms with van der Waals surface area (Å²) in [6.07, 6.45) is 1.58. The van der Waals surface area contributed by atoms with Crippen molar-refractivity contribution in [2.45, 2.75) is 44.7 Å². The van der Waals surface area contributed by atoms with E-state index in [0.717, 1.165) is 46.3 Å². The van der Waals surface area contributed by atoms with E-state index in [2.05, 4.69) is 4.72 Å². The predicted molar refractivity (Wildman–Crippen MR) is 126 cm³/mol. The van der Waals surface area contributed by atoms with Gasteiger partial charge in [-0.1, -0.05) is 66.2 Å². The Balaban J connectivity index is 1.51. The molecule has 166 valence electrons. The Morgan fingerprint density at radius 2 is 1.72 bits per heavy atom. The van der Waals surface area contributed by atoms with Crippen molar-refractivity contribution in [1.82, 2.24) is 9.62 Å². The molecular weight excluding hydrogens is 420 g/mol. The summed E-state index contributed by atoms with van der Waals surface area (Å²) in [7, 11) is -3.62. The number of sulfonamides is 1. The van der Waals surface area contributed by atoms with Crippen LogP contribution in [0, 0.1) is 13.8 Å². The highest BCUT2D eigenvalue weighted by atomic mass is 32.2. The number of hydrogen-bond donors (Lipinski definition) is 1. The third-order valence-electron chi connectivity index (χ3n) is 5.90. The van der Waals surface area contributed by atoms with Gasteiger partial charge >= 0.3 is 0 Å². The monoisotopic (exact) mass is 448 g/mol. The molecule has 3 aromatic carbocycles. The Kier molecular flexibility index (Phi) is 6.44. The minimum atomic E-state index is -3.62. The number of carbonyl (C=O) groups is 1. The van der Waals surface area contributed by atoms with E-state index < -0.39 is 10.0 Å². The standard InChI is InChI=1S/C26H28N2O3S/c1-19-9-14-25(20(2)16-19)32(30,31)27-17-23-6-3-4-7-24(23)22-12-10-21(11-13-22)18-28-15-5-8-26(28)29/h3-4,6-7,9-14,16,27H,5,8,15,17-18H2,1-2H3. The SMILES string of the molecule is Cc1ccc(S(=O)(=O)NCc2ccccc2-c2ccc(CN3CCCC3=O)cc2)c(C)c1. The van der Waals surface area contributed by atoms with Crippen LogP contribution in [0.3, 0.4) is 0 Å². The Bertz CT molecular complexity index is 1230. The lowest BCUT2D eigenvalue weighted by molar-refractivity contribution is -0.128. The Hall–Kier alpha value is -2.96. The van der Waals surface area contributed by atoms with Crippen molar-refractivity contribution in [3.63, 3.8) is 0 Å². The molecule has 0 unspecified atom stereocenters. The number of carbonyl (C=O) groups excluding carboxylic acids is 1. The molecule has 32 heavy (non-hydrogen) atoms. The van der Waals surface area contributed by atoms with Crippen molar-refractivity contribution in [3.8, 4) is 11.1 Å². The molecule has 0 bridgehead atoms. The summed E-state index contributed by atoms with van der Waals surface area (Å²) in [5, 5.41) is 0. The molecule has 0 saturated carbocycles. The molecule has 0 aromatic heterocycles. The summed E-state index contributed by atoms with van der Waals surface area (Å²) in [5.74, 6) is 0.218. The summed E-state index contributed by atoms with van der Waals surface area (Å²) in [6, 6.07) is 21.3. The van der Waals surface area contributed by atoms with Gasteiger partial charge in [0.1, 0.15) is 0 Å². The zero-order valence-corrected chi connectivity index (χ0v) is 19.3. The van der Waals surface area contributed by atoms with E-state index >= 15 is 0 Å². The quantitative estimate of drug-likeness (QED) is 0.576. The van der Waals surface area contributed by atoms with Gasteiger partial charge in [0, 0.05) is 26.1 Å². The molecule has 1 saturated heterocycles. The van der Waals surface area contributed by atoms with Crippen molar-refractivity contribution >= 4 is 15.9 Å². The first kappa shape index (κ1) is 22.2. The first-order valence-electron chi connectivity index (χ1n) is 10.9. The van der Waals surface area contributed by atoms with Gasteiger partial charge in [-0.3, -0.25) is 4.79 Å². The van der Waals surface area contributed by atoms with E-state index in [-0.39, 0.29) is 12.5 Å². The number of aryl methyl sites for hydroxylation is 2. The fraction of sp³-hybridized carbons (Fsp3) is 0.269. The molecule has 1 fully saturated rings. The zero-order valence-electron chi connectivity index (χ0n) is 18.5. The van der Waals surface area contributed by atoms with Crippen molar-refractivity contribution < 1.29 is 13.2 Å². The summed E-state index contributed by atoms with van der Waals surface area (Å²) in [5.41, 5.74) is 5.77. The van der Waals surface area contributed by atoms with Crippen LogP contribution in [-0.4, -0.2) is 25.8 Å². The van der Waals surface area contributed by atoms with Gasteiger partial charge in [-0.05, 0) is 54.2 Å². The van der Waals surface area contributed by atoms with Crippen molar-refractivity contribution in [3.05, 3.63) is 89.0 Å². The molecule has 5 nitrogen and oxygen atoms in total. The maximum absolute atomic E-state index is 12.9. The molecular formula is C26H28N2O3S. The number of rotatable bonds is 7. The highest BCUT2D eigenvalue weighted by Crippen LogP contribution is 2.26. The first-order valence-corrected chi connectivity index (χ1v) is 12.3. The third-order valence-corrected chi connectivity index (χ3v) is 7.46. The Labute approximate surface area is 190 Å². The smallest absolute Gasteiger partial charge is 0.241 e. The lowest BCUT2D eigenvalue weighted by Gasteiger charge is -2.16. The number of nitrogens with one attached hydrogen (secondary N) is 1. The summed E-state index contributed by atoms with van der Waals surface area (Å²) in [4.78, 5) is 14.1. The summed E-state index contributed by atoms with van der Waals surface area (Å²) >= 11 is 0. The molecule has 3 aromatic rings. The van der Waals surface area contributed by atoms with E-state index in [4.69, 9.17) is 0 Å². The second kappa shape index (κ2) is 9.27. The van der Waals surface area contributed by atoms with E-state index in [1.54, 1.807) is 6.07 Å². The normalized spacial score (nSPS) is 14.2. The van der Waals surface area contributed by atoms with Crippen LogP contribution in [0.15, 0.2) is 71.6 Å². The molecule has 1 N–H and O–H groups in total. The van der Waals surface area contributed by atoms with Crippen LogP contribution in [-0.2, 0) is 27.9 Å². The van der Waals surface area contributed by atoms with Gasteiger partial charge in [0.25, 0.3) is 0 Å². The van der Waals surface area contributed by atoms with Crippen LogP contribution in [0.5, 0.6) is 0 Å². The van der Waals surface area contributed by atoms with Crippen LogP contribution in [0.1, 0.15) is 35.1 Å². The lowest BCUT2D eigenvalue weighted by Crippen LogP contribution is -2.24. The van der Waals surface area contributed by atoms with E-state index in [0.29, 0.717) is 17.9 Å². The van der Waals surface area contributed by atoms with Gasteiger partial charge in [-0.25, -0.2) is 13.1 Å². The van der Waals surface area contributed by atoms with Crippen molar-refractivity contribution in [2.24, 2.45) is 0 Å². The number of nitrogens with zero attached hydrogens (tertiary/aromatic N) is 1. The molecule has 0 aliphatic carbocycles. The average molecular weight is 449 g/mol. The predicted octanol–water partition coefficient (Wildman–Crippen LogP) is 4.57. The fourth-order valence-electron chi connectivity index (χ4n) is 4.19. The molecule has 1 aliphatic rings. The highest BCUT2D eigenvalue weighted by Gasteiger charge is 2.20. The number of likely N-dealkylation sites (tertiary alicyclic amines) is 1. The molecule has 1 heterocycles. The molecule has 4 rings (SSSR count). The molecule has 0 atom stereocenters. The van der Waals surface area contributed by atoms with Gasteiger partial charge in [-0.15, -0.1) is 0 Å². The van der Waals surface area contributed by atoms with Crippen LogP contribution in [0.4, 0.5) is 0 Å². The number of benzene rings is 3. The van der Waals surface area contributed by atoms with E-state index in [1.165, 1.54) is 0 Å². The second-order valence-corrected chi connectivity index (χ2v) is 10.1. The molecule has 0 radical (unpaired) electrons. The van der Waals surface area contributed by atoms with Crippen LogP contribution < -0.4 is 4.72 Å². The van der Waals surface area contributed by atoms with E-state index in [1.807, 2.05) is 79.4 Å². The Morgan fingerprint density at radius 3 is 2.41 bits per heavy atom. The van der Waals surface area contributed by atoms with E-state index in [9.17, 15) is 13.2 Å². The topological polar surface area (TPSA) is 66.5 Å². The Morgan fingerprint density at radius 1 is 0.969 bits per heavy atom. The number of hydrogen-bond acceptors (Lipinski definition) is 3. The summed E-state index contributed by atoms with van der Waals surface area (Å²) < 4.78 is 28.5. The van der Waals surface area contributed by atoms with Gasteiger partial charge in [0.15, 0.2) is 0 Å². The number of amides is 1. The van der Waals surface area contributed by atoms with Gasteiger partial charge in [0.05, 0.1) is 4.90 Å². The third kappa shape index (κ3) is 4.92. The largest absolute Gasteiger partial charge is 0.338 e. The second-order valence-electron chi connectivity index (χ2n) is 8.37. The maximum Gasteiger partial charge on any atom is 0.241 e. The summed E-state index contributed by atoms with van der Waals surface area (Å²) in [6.45, 7) is 5.42. The molecule has 6 heteroatoms. The highest BCUT2D eigenvalue weighted by molar-refractivity contribution is 7.89. The van der Waals surface area contributed by atoms with Gasteiger partial charge in [-0.2, -0.15) is 0 Å². The fourth-order valence-corrected chi connectivity index (χ4v) is 5.42. The van der Waals surface area contributed by atoms with Crippen molar-refractivity contribution in [1.29, 1.82) is 0 Å². The zero-order chi connectivity index (χ0) is 22.7. The molecule has 1 aliphatic heterocycles. The van der Waals surface area contributed by atoms with Crippen molar-refractivity contribution in [2.75, 3.05) is 6.54 Å². The maximum atomic E-state index is 12.9. The molecule has 1 amide bonds. The molecule has 0 spiro atoms. The van der Waals surface area contributed by atoms with Gasteiger partial charge in [0.2, 0.25) is 15.9 Å². The van der Waals surface area contributed by atoms with Crippen LogP contribution >= 0.6 is 0 Å². The minimum absolute atomic E-state index is 0.204. The minimum Gasteiger partial charge on any atom is -0.338 e. The lowest BCUT2D eigenvalue weighted by atomic mass is 9.98. The average Bonchev–Trinajstić information content (AvgIpc) is 3.17. The van der Waals surface area contributed by atoms with Gasteiger partial charge < -0.3 is 4.90 Å². The first-order chi connectivity index (χ1) is 15.3. The van der Waals surface area contributed by atoms with Crippen LogP contribution in [0.25, 0.3) is 11.1 Å². The van der Waals surface area contributed by atoms with Crippen LogP contribution in [0.2, 0.25) is 0 Å².